The van der Waals surface area contributed by atoms with Crippen LogP contribution in [0.4, 0.5) is 5.69 Å². The minimum absolute atomic E-state index is 0.0196. The zero-order valence-corrected chi connectivity index (χ0v) is 13.8. The number of para-hydroxylation sites is 1. The molecule has 24 heavy (non-hydrogen) atoms. The summed E-state index contributed by atoms with van der Waals surface area (Å²) in [4.78, 5) is 23.9. The molecule has 2 aromatic carbocycles. The Morgan fingerprint density at radius 2 is 1.83 bits per heavy atom. The maximum atomic E-state index is 12.2. The first-order chi connectivity index (χ1) is 11.5. The molecule has 0 atom stereocenters. The van der Waals surface area contributed by atoms with Crippen molar-refractivity contribution in [2.45, 2.75) is 13.3 Å². The van der Waals surface area contributed by atoms with Crippen LogP contribution in [0.1, 0.15) is 11.1 Å². The molecule has 0 aliphatic heterocycles. The number of nitrogens with zero attached hydrogens (tertiary/aromatic N) is 2. The summed E-state index contributed by atoms with van der Waals surface area (Å²) < 4.78 is 5.68. The van der Waals surface area contributed by atoms with Crippen LogP contribution in [0.3, 0.4) is 0 Å². The summed E-state index contributed by atoms with van der Waals surface area (Å²) in [6, 6.07) is 13.7. The van der Waals surface area contributed by atoms with Crippen molar-refractivity contribution in [2.24, 2.45) is 0 Å². The molecule has 2 rings (SSSR count). The summed E-state index contributed by atoms with van der Waals surface area (Å²) in [6.07, 6.45) is 0.207. The van der Waals surface area contributed by atoms with Crippen molar-refractivity contribution in [1.29, 1.82) is 0 Å². The van der Waals surface area contributed by atoms with E-state index in [1.54, 1.807) is 24.1 Å². The number of likely N-dealkylation sites (N-methyl/N-ethyl adjacent to an activating group) is 1. The number of nitro groups is 1. The van der Waals surface area contributed by atoms with Gasteiger partial charge in [0.25, 0.3) is 5.69 Å². The van der Waals surface area contributed by atoms with E-state index >= 15 is 0 Å². The molecule has 0 unspecified atom stereocenters. The number of benzene rings is 2. The zero-order valence-electron chi connectivity index (χ0n) is 13.8. The van der Waals surface area contributed by atoms with Gasteiger partial charge in [-0.15, -0.1) is 0 Å². The Labute approximate surface area is 140 Å². The molecule has 6 nitrogen and oxygen atoms in total. The number of ether oxygens (including phenoxy) is 1. The van der Waals surface area contributed by atoms with Crippen molar-refractivity contribution in [1.82, 2.24) is 4.90 Å². The van der Waals surface area contributed by atoms with Gasteiger partial charge in [-0.1, -0.05) is 30.3 Å². The van der Waals surface area contributed by atoms with Crippen LogP contribution in [-0.2, 0) is 11.2 Å². The van der Waals surface area contributed by atoms with E-state index in [4.69, 9.17) is 4.74 Å². The van der Waals surface area contributed by atoms with Crippen molar-refractivity contribution in [3.63, 3.8) is 0 Å². The van der Waals surface area contributed by atoms with Gasteiger partial charge in [0.1, 0.15) is 12.4 Å². The molecule has 0 aromatic heterocycles. The fourth-order valence-corrected chi connectivity index (χ4v) is 2.18. The number of carbonyl (C=O) groups excluding carboxylic acids is 1. The molecule has 0 radical (unpaired) electrons. The van der Waals surface area contributed by atoms with E-state index in [1.165, 1.54) is 12.1 Å². The van der Waals surface area contributed by atoms with Crippen LogP contribution in [0.2, 0.25) is 0 Å². The van der Waals surface area contributed by atoms with Crippen LogP contribution < -0.4 is 4.74 Å². The lowest BCUT2D eigenvalue weighted by Gasteiger charge is -2.18. The van der Waals surface area contributed by atoms with Gasteiger partial charge in [-0.2, -0.15) is 0 Å². The highest BCUT2D eigenvalue weighted by Gasteiger charge is 2.11. The number of aryl methyl sites for hydroxylation is 1. The molecule has 0 saturated heterocycles. The van der Waals surface area contributed by atoms with Gasteiger partial charge in [0.05, 0.1) is 17.9 Å². The lowest BCUT2D eigenvalue weighted by Crippen LogP contribution is -2.32. The lowest BCUT2D eigenvalue weighted by molar-refractivity contribution is -0.384. The third-order valence-electron chi connectivity index (χ3n) is 3.71. The molecule has 126 valence electrons. The monoisotopic (exact) mass is 328 g/mol. The number of rotatable bonds is 7. The average molecular weight is 328 g/mol. The molecule has 1 amide bonds. The van der Waals surface area contributed by atoms with Crippen molar-refractivity contribution >= 4 is 11.6 Å². The Morgan fingerprint density at radius 3 is 2.46 bits per heavy atom. The minimum Gasteiger partial charge on any atom is -0.491 e. The molecular weight excluding hydrogens is 308 g/mol. The predicted octanol–water partition coefficient (Wildman–Crippen LogP) is 2.98. The molecular formula is C18H20N2O4. The third-order valence-corrected chi connectivity index (χ3v) is 3.71. The van der Waals surface area contributed by atoms with E-state index in [0.717, 1.165) is 16.9 Å². The molecule has 0 saturated carbocycles. The third kappa shape index (κ3) is 4.81. The first kappa shape index (κ1) is 17.5. The van der Waals surface area contributed by atoms with Crippen LogP contribution in [0, 0.1) is 17.0 Å². The van der Waals surface area contributed by atoms with Crippen molar-refractivity contribution < 1.29 is 14.5 Å². The average Bonchev–Trinajstić information content (AvgIpc) is 2.57. The van der Waals surface area contributed by atoms with Crippen LogP contribution in [0.25, 0.3) is 0 Å². The lowest BCUT2D eigenvalue weighted by atomic mass is 10.1. The SMILES string of the molecule is Cc1ccccc1OCCN(C)C(=O)Cc1ccc([N+](=O)[O-])cc1. The fraction of sp³-hybridized carbons (Fsp3) is 0.278. The zero-order chi connectivity index (χ0) is 17.5. The van der Waals surface area contributed by atoms with Crippen LogP contribution in [-0.4, -0.2) is 35.9 Å². The maximum absolute atomic E-state index is 12.2. The van der Waals surface area contributed by atoms with Gasteiger partial charge >= 0.3 is 0 Å². The molecule has 2 aromatic rings. The quantitative estimate of drug-likeness (QED) is 0.578. The van der Waals surface area contributed by atoms with Gasteiger partial charge in [0.2, 0.25) is 5.91 Å². The largest absolute Gasteiger partial charge is 0.491 e. The van der Waals surface area contributed by atoms with Gasteiger partial charge in [-0.3, -0.25) is 14.9 Å². The molecule has 0 heterocycles. The highest BCUT2D eigenvalue weighted by Crippen LogP contribution is 2.16. The summed E-state index contributed by atoms with van der Waals surface area (Å²) in [5.74, 6) is 0.756. The number of hydrogen-bond acceptors (Lipinski definition) is 4. The molecule has 6 heteroatoms. The van der Waals surface area contributed by atoms with E-state index in [-0.39, 0.29) is 18.0 Å². The fourth-order valence-electron chi connectivity index (χ4n) is 2.18. The highest BCUT2D eigenvalue weighted by molar-refractivity contribution is 5.78. The predicted molar refractivity (Wildman–Crippen MR) is 91.1 cm³/mol. The molecule has 0 aliphatic rings. The molecule has 0 N–H and O–H groups in total. The molecule has 0 fully saturated rings. The maximum Gasteiger partial charge on any atom is 0.269 e. The highest BCUT2D eigenvalue weighted by atomic mass is 16.6. The molecule has 0 aliphatic carbocycles. The Bertz CT molecular complexity index is 713. The van der Waals surface area contributed by atoms with Gasteiger partial charge in [-0.05, 0) is 24.1 Å². The van der Waals surface area contributed by atoms with Gasteiger partial charge in [0.15, 0.2) is 0 Å². The van der Waals surface area contributed by atoms with Crippen molar-refractivity contribution in [2.75, 3.05) is 20.2 Å². The van der Waals surface area contributed by atoms with Crippen LogP contribution in [0.15, 0.2) is 48.5 Å². The topological polar surface area (TPSA) is 72.7 Å². The Balaban J connectivity index is 1.81. The van der Waals surface area contributed by atoms with E-state index in [1.807, 2.05) is 31.2 Å². The van der Waals surface area contributed by atoms with Crippen molar-refractivity contribution in [3.05, 3.63) is 69.8 Å². The second-order valence-electron chi connectivity index (χ2n) is 5.53. The van der Waals surface area contributed by atoms with E-state index in [9.17, 15) is 14.9 Å². The summed E-state index contributed by atoms with van der Waals surface area (Å²) in [7, 11) is 1.72. The summed E-state index contributed by atoms with van der Waals surface area (Å²) in [5.41, 5.74) is 1.82. The summed E-state index contributed by atoms with van der Waals surface area (Å²) in [5, 5.41) is 10.6. The number of non-ortho nitro benzene ring substituents is 1. The Kier molecular flexibility index (Phi) is 5.89. The number of amides is 1. The van der Waals surface area contributed by atoms with Gasteiger partial charge < -0.3 is 9.64 Å². The standard InChI is InChI=1S/C18H20N2O4/c1-14-5-3-4-6-17(14)24-12-11-19(2)18(21)13-15-7-9-16(10-8-15)20(22)23/h3-10H,11-13H2,1-2H3. The molecule has 0 spiro atoms. The van der Waals surface area contributed by atoms with Gasteiger partial charge in [0, 0.05) is 19.2 Å². The number of carbonyl (C=O) groups is 1. The normalized spacial score (nSPS) is 10.2. The van der Waals surface area contributed by atoms with Crippen LogP contribution in [0.5, 0.6) is 5.75 Å². The number of nitro benzene ring substituents is 1. The second-order valence-corrected chi connectivity index (χ2v) is 5.53. The van der Waals surface area contributed by atoms with E-state index in [0.29, 0.717) is 13.2 Å². The van der Waals surface area contributed by atoms with E-state index < -0.39 is 4.92 Å². The van der Waals surface area contributed by atoms with Crippen molar-refractivity contribution in [3.8, 4) is 5.75 Å². The second kappa shape index (κ2) is 8.10. The smallest absolute Gasteiger partial charge is 0.269 e. The minimum atomic E-state index is -0.458. The Morgan fingerprint density at radius 1 is 1.17 bits per heavy atom. The number of hydrogen-bond donors (Lipinski definition) is 0. The van der Waals surface area contributed by atoms with Gasteiger partial charge in [-0.25, -0.2) is 0 Å². The van der Waals surface area contributed by atoms with E-state index in [2.05, 4.69) is 0 Å². The summed E-state index contributed by atoms with van der Waals surface area (Å²) >= 11 is 0. The molecule has 0 bridgehead atoms. The first-order valence-corrected chi connectivity index (χ1v) is 7.63. The first-order valence-electron chi connectivity index (χ1n) is 7.63. The Hall–Kier alpha value is -2.89. The summed E-state index contributed by atoms with van der Waals surface area (Å²) in [6.45, 7) is 2.85. The van der Waals surface area contributed by atoms with Crippen LogP contribution >= 0.6 is 0 Å².